The first kappa shape index (κ1) is 22.7. The van der Waals surface area contributed by atoms with E-state index in [1.165, 1.54) is 18.6 Å². The Labute approximate surface area is 194 Å². The van der Waals surface area contributed by atoms with E-state index < -0.39 is 38.5 Å². The van der Waals surface area contributed by atoms with E-state index in [0.29, 0.717) is 13.1 Å². The molecule has 2 heterocycles. The molecule has 1 aromatic carbocycles. The van der Waals surface area contributed by atoms with E-state index in [2.05, 4.69) is 24.9 Å². The molecular weight excluding hydrogens is 479 g/mol. The molecule has 2 saturated carbocycles. The second-order valence-electron chi connectivity index (χ2n) is 8.91. The summed E-state index contributed by atoms with van der Waals surface area (Å²) in [6.07, 6.45) is 6.13. The summed E-state index contributed by atoms with van der Waals surface area (Å²) >= 11 is 6.34. The fourth-order valence-electron chi connectivity index (χ4n) is 5.11. The van der Waals surface area contributed by atoms with Crippen LogP contribution in [0.1, 0.15) is 25.7 Å². The number of hydrogen-bond acceptors (Lipinski definition) is 6. The van der Waals surface area contributed by atoms with Crippen LogP contribution in [0.3, 0.4) is 0 Å². The molecule has 7 nitrogen and oxygen atoms in total. The van der Waals surface area contributed by atoms with Gasteiger partial charge in [-0.1, -0.05) is 24.4 Å². The lowest BCUT2D eigenvalue weighted by molar-refractivity contribution is 0.0366. The molecule has 1 aromatic heterocycles. The quantitative estimate of drug-likeness (QED) is 0.622. The molecule has 3 aliphatic rings. The number of halogens is 4. The van der Waals surface area contributed by atoms with Crippen LogP contribution in [0, 0.1) is 17.7 Å². The number of benzene rings is 1. The number of aromatic nitrogens is 2. The van der Waals surface area contributed by atoms with Crippen molar-refractivity contribution in [2.45, 2.75) is 48.6 Å². The zero-order chi connectivity index (χ0) is 23.4. The Morgan fingerprint density at radius 1 is 1.15 bits per heavy atom. The van der Waals surface area contributed by atoms with Crippen LogP contribution >= 0.6 is 11.6 Å². The first-order valence-electron chi connectivity index (χ1n) is 10.8. The van der Waals surface area contributed by atoms with Crippen LogP contribution < -0.4 is 10.0 Å². The summed E-state index contributed by atoms with van der Waals surface area (Å²) in [5.41, 5.74) is 0.279. The predicted molar refractivity (Wildman–Crippen MR) is 117 cm³/mol. The van der Waals surface area contributed by atoms with Gasteiger partial charge in [-0.25, -0.2) is 31.6 Å². The standard InChI is InChI=1S/C21H23ClF3N5O2S/c22-14-7-19(33(31,32)29-20-5-6-26-11-27-20)15(23)8-17(14)28-16-3-1-2-4-18(16)30-9-12-13(10-30)21(12,24)25/h5-8,11-13,16,18,28H,1-4,9-10H2,(H,26,27,29)/t12?,13?,16-,18-/m0/s1. The van der Waals surface area contributed by atoms with E-state index >= 15 is 0 Å². The monoisotopic (exact) mass is 501 g/mol. The fourth-order valence-corrected chi connectivity index (χ4v) is 6.49. The van der Waals surface area contributed by atoms with Crippen LogP contribution in [0.25, 0.3) is 0 Å². The van der Waals surface area contributed by atoms with Crippen LogP contribution in [-0.2, 0) is 10.0 Å². The second kappa shape index (κ2) is 8.28. The Morgan fingerprint density at radius 2 is 1.88 bits per heavy atom. The van der Waals surface area contributed by atoms with Crippen LogP contribution in [0.15, 0.2) is 35.6 Å². The highest BCUT2D eigenvalue weighted by atomic mass is 35.5. The van der Waals surface area contributed by atoms with Crippen molar-refractivity contribution >= 4 is 33.1 Å². The van der Waals surface area contributed by atoms with Crippen molar-refractivity contribution in [2.24, 2.45) is 11.8 Å². The summed E-state index contributed by atoms with van der Waals surface area (Å²) in [5, 5.41) is 3.31. The van der Waals surface area contributed by atoms with Crippen molar-refractivity contribution in [3.8, 4) is 0 Å². The Hall–Kier alpha value is -2.11. The van der Waals surface area contributed by atoms with Gasteiger partial charge in [0.05, 0.1) is 10.7 Å². The molecule has 1 aliphatic heterocycles. The van der Waals surface area contributed by atoms with Gasteiger partial charge in [-0.3, -0.25) is 9.62 Å². The number of piperidine rings is 1. The van der Waals surface area contributed by atoms with E-state index in [4.69, 9.17) is 11.6 Å². The Morgan fingerprint density at radius 3 is 2.58 bits per heavy atom. The number of nitrogens with zero attached hydrogens (tertiary/aromatic N) is 3. The Balaban J connectivity index is 1.33. The molecule has 12 heteroatoms. The van der Waals surface area contributed by atoms with Crippen molar-refractivity contribution in [3.05, 3.63) is 41.6 Å². The molecule has 0 spiro atoms. The number of fused-ring (bicyclic) bond motifs is 1. The zero-order valence-electron chi connectivity index (χ0n) is 17.5. The van der Waals surface area contributed by atoms with Gasteiger partial charge >= 0.3 is 0 Å². The summed E-state index contributed by atoms with van der Waals surface area (Å²) < 4.78 is 69.6. The van der Waals surface area contributed by atoms with Crippen LogP contribution in [0.2, 0.25) is 5.02 Å². The van der Waals surface area contributed by atoms with Gasteiger partial charge in [-0.15, -0.1) is 0 Å². The SMILES string of the molecule is O=S(=O)(Nc1ccncn1)c1cc(Cl)c(N[C@H]2CCCC[C@@H]2N2CC3C(C2)C3(F)F)cc1F. The molecule has 33 heavy (non-hydrogen) atoms. The van der Waals surface area contributed by atoms with E-state index in [0.717, 1.165) is 37.8 Å². The lowest BCUT2D eigenvalue weighted by atomic mass is 9.88. The summed E-state index contributed by atoms with van der Waals surface area (Å²) in [4.78, 5) is 9.00. The van der Waals surface area contributed by atoms with Gasteiger partial charge in [0.2, 0.25) is 0 Å². The minimum absolute atomic E-state index is 0.00186. The molecule has 4 atom stereocenters. The second-order valence-corrected chi connectivity index (χ2v) is 11.0. The molecule has 5 rings (SSSR count). The normalized spacial score (nSPS) is 28.8. The minimum atomic E-state index is -4.26. The summed E-state index contributed by atoms with van der Waals surface area (Å²) in [5.74, 6) is -4.62. The Kier molecular flexibility index (Phi) is 5.69. The number of hydrogen-bond donors (Lipinski definition) is 2. The Bertz CT molecular complexity index is 1140. The van der Waals surface area contributed by atoms with Gasteiger partial charge < -0.3 is 5.32 Å². The lowest BCUT2D eigenvalue weighted by Gasteiger charge is -2.40. The molecule has 2 N–H and O–H groups in total. The summed E-state index contributed by atoms with van der Waals surface area (Å²) in [6, 6.07) is 3.42. The number of likely N-dealkylation sites (tertiary alicyclic amines) is 1. The van der Waals surface area contributed by atoms with Crippen molar-refractivity contribution in [3.63, 3.8) is 0 Å². The third-order valence-electron chi connectivity index (χ3n) is 6.90. The number of anilines is 2. The first-order valence-corrected chi connectivity index (χ1v) is 12.7. The minimum Gasteiger partial charge on any atom is -0.379 e. The molecule has 0 radical (unpaired) electrons. The summed E-state index contributed by atoms with van der Waals surface area (Å²) in [7, 11) is -4.26. The smallest absolute Gasteiger partial charge is 0.266 e. The number of sulfonamides is 1. The summed E-state index contributed by atoms with van der Waals surface area (Å²) in [6.45, 7) is 0.739. The molecule has 0 amide bonds. The van der Waals surface area contributed by atoms with E-state index in [1.54, 1.807) is 0 Å². The van der Waals surface area contributed by atoms with Gasteiger partial charge in [-0.2, -0.15) is 0 Å². The largest absolute Gasteiger partial charge is 0.379 e. The predicted octanol–water partition coefficient (Wildman–Crippen LogP) is 3.99. The molecular formula is C21H23ClF3N5O2S. The van der Waals surface area contributed by atoms with Crippen LogP contribution in [0.5, 0.6) is 0 Å². The van der Waals surface area contributed by atoms with E-state index in [9.17, 15) is 21.6 Å². The van der Waals surface area contributed by atoms with Gasteiger partial charge in [0.1, 0.15) is 22.9 Å². The third-order valence-corrected chi connectivity index (χ3v) is 8.58. The highest BCUT2D eigenvalue weighted by Gasteiger charge is 2.72. The van der Waals surface area contributed by atoms with Crippen LogP contribution in [-0.4, -0.2) is 54.4 Å². The van der Waals surface area contributed by atoms with Crippen molar-refractivity contribution in [1.82, 2.24) is 14.9 Å². The van der Waals surface area contributed by atoms with E-state index in [1.807, 2.05) is 0 Å². The number of rotatable bonds is 6. The highest BCUT2D eigenvalue weighted by Crippen LogP contribution is 2.59. The molecule has 2 aliphatic carbocycles. The average molecular weight is 502 g/mol. The number of nitrogens with one attached hydrogen (secondary N) is 2. The van der Waals surface area contributed by atoms with Crippen molar-refractivity contribution in [1.29, 1.82) is 0 Å². The van der Waals surface area contributed by atoms with E-state index in [-0.39, 0.29) is 28.6 Å². The van der Waals surface area contributed by atoms with Gasteiger partial charge in [0.25, 0.3) is 15.9 Å². The fraction of sp³-hybridized carbons (Fsp3) is 0.524. The molecule has 2 aromatic rings. The maximum Gasteiger partial charge on any atom is 0.266 e. The van der Waals surface area contributed by atoms with Crippen molar-refractivity contribution < 1.29 is 21.6 Å². The van der Waals surface area contributed by atoms with Gasteiger partial charge in [0, 0.05) is 43.2 Å². The maximum absolute atomic E-state index is 14.9. The number of alkyl halides is 2. The molecule has 178 valence electrons. The first-order chi connectivity index (χ1) is 15.7. The van der Waals surface area contributed by atoms with Gasteiger partial charge in [0.15, 0.2) is 0 Å². The van der Waals surface area contributed by atoms with Crippen molar-refractivity contribution in [2.75, 3.05) is 23.1 Å². The maximum atomic E-state index is 14.9. The molecule has 1 saturated heterocycles. The molecule has 2 unspecified atom stereocenters. The van der Waals surface area contributed by atoms with Gasteiger partial charge in [-0.05, 0) is 31.0 Å². The third kappa shape index (κ3) is 4.26. The topological polar surface area (TPSA) is 87.2 Å². The van der Waals surface area contributed by atoms with Crippen LogP contribution in [0.4, 0.5) is 24.7 Å². The molecule has 3 fully saturated rings. The highest BCUT2D eigenvalue weighted by molar-refractivity contribution is 7.92. The molecule has 0 bridgehead atoms. The zero-order valence-corrected chi connectivity index (χ0v) is 19.1. The lowest BCUT2D eigenvalue weighted by Crippen LogP contribution is -2.49. The average Bonchev–Trinajstić information content (AvgIpc) is 3.11.